The molecule has 0 radical (unpaired) electrons. The Morgan fingerprint density at radius 2 is 2.20 bits per heavy atom. The standard InChI is InChI=1S/C13H14ClN5O/c1-15-13(20)16-11-8-12-18(5-6-19(12)17-11)10-4-2-3-9(14)7-10/h2-4,7-8H,5-6H2,1H3,(H2,15,16,17,20). The summed E-state index contributed by atoms with van der Waals surface area (Å²) in [5.74, 6) is 1.48. The number of nitrogens with zero attached hydrogens (tertiary/aromatic N) is 3. The first-order valence-corrected chi connectivity index (χ1v) is 6.65. The van der Waals surface area contributed by atoms with Gasteiger partial charge in [-0.1, -0.05) is 17.7 Å². The maximum atomic E-state index is 11.3. The van der Waals surface area contributed by atoms with Crippen molar-refractivity contribution < 1.29 is 4.79 Å². The summed E-state index contributed by atoms with van der Waals surface area (Å²) in [5.41, 5.74) is 1.02. The topological polar surface area (TPSA) is 62.2 Å². The van der Waals surface area contributed by atoms with Gasteiger partial charge in [0.15, 0.2) is 5.82 Å². The molecule has 7 heteroatoms. The van der Waals surface area contributed by atoms with Gasteiger partial charge >= 0.3 is 6.03 Å². The van der Waals surface area contributed by atoms with Crippen molar-refractivity contribution in [3.05, 3.63) is 35.4 Å². The fourth-order valence-corrected chi connectivity index (χ4v) is 2.43. The Kier molecular flexibility index (Phi) is 3.23. The molecule has 2 N–H and O–H groups in total. The van der Waals surface area contributed by atoms with E-state index in [0.29, 0.717) is 10.8 Å². The van der Waals surface area contributed by atoms with Gasteiger partial charge in [-0.05, 0) is 18.2 Å². The van der Waals surface area contributed by atoms with E-state index in [4.69, 9.17) is 11.6 Å². The van der Waals surface area contributed by atoms with Crippen LogP contribution in [-0.2, 0) is 6.54 Å². The van der Waals surface area contributed by atoms with E-state index in [1.807, 2.05) is 35.0 Å². The second kappa shape index (κ2) is 5.05. The second-order valence-corrected chi connectivity index (χ2v) is 4.88. The van der Waals surface area contributed by atoms with Crippen LogP contribution >= 0.6 is 11.6 Å². The average molecular weight is 292 g/mol. The van der Waals surface area contributed by atoms with Crippen molar-refractivity contribution in [1.82, 2.24) is 15.1 Å². The number of hydrogen-bond acceptors (Lipinski definition) is 3. The van der Waals surface area contributed by atoms with E-state index in [2.05, 4.69) is 20.6 Å². The van der Waals surface area contributed by atoms with Crippen LogP contribution in [0.5, 0.6) is 0 Å². The quantitative estimate of drug-likeness (QED) is 0.893. The van der Waals surface area contributed by atoms with Gasteiger partial charge in [-0.25, -0.2) is 9.48 Å². The van der Waals surface area contributed by atoms with Crippen LogP contribution in [-0.4, -0.2) is 29.4 Å². The van der Waals surface area contributed by atoms with E-state index >= 15 is 0 Å². The van der Waals surface area contributed by atoms with Gasteiger partial charge in [0.05, 0.1) is 6.54 Å². The van der Waals surface area contributed by atoms with Crippen molar-refractivity contribution in [3.63, 3.8) is 0 Å². The Balaban J connectivity index is 1.88. The molecule has 0 saturated heterocycles. The molecule has 0 atom stereocenters. The van der Waals surface area contributed by atoms with Gasteiger partial charge in [-0.2, -0.15) is 5.10 Å². The van der Waals surface area contributed by atoms with Crippen LogP contribution < -0.4 is 15.5 Å². The summed E-state index contributed by atoms with van der Waals surface area (Å²) in [6.45, 7) is 1.61. The second-order valence-electron chi connectivity index (χ2n) is 4.45. The summed E-state index contributed by atoms with van der Waals surface area (Å²) < 4.78 is 1.87. The number of amides is 2. The molecule has 0 bridgehead atoms. The Bertz CT molecular complexity index is 654. The number of carbonyl (C=O) groups is 1. The van der Waals surface area contributed by atoms with Crippen LogP contribution in [0.15, 0.2) is 30.3 Å². The molecule has 0 aliphatic carbocycles. The van der Waals surface area contributed by atoms with E-state index in [9.17, 15) is 4.79 Å². The van der Waals surface area contributed by atoms with E-state index in [0.717, 1.165) is 24.6 Å². The van der Waals surface area contributed by atoms with Crippen molar-refractivity contribution in [1.29, 1.82) is 0 Å². The van der Waals surface area contributed by atoms with Crippen LogP contribution in [0.2, 0.25) is 5.02 Å². The van der Waals surface area contributed by atoms with E-state index < -0.39 is 0 Å². The minimum atomic E-state index is -0.281. The SMILES string of the molecule is CNC(=O)Nc1cc2n(n1)CCN2c1cccc(Cl)c1. The molecule has 104 valence electrons. The fourth-order valence-electron chi connectivity index (χ4n) is 2.24. The van der Waals surface area contributed by atoms with Gasteiger partial charge in [0.2, 0.25) is 0 Å². The third-order valence-electron chi connectivity index (χ3n) is 3.16. The lowest BCUT2D eigenvalue weighted by Crippen LogP contribution is -2.24. The van der Waals surface area contributed by atoms with Crippen LogP contribution in [0.25, 0.3) is 0 Å². The predicted octanol–water partition coefficient (Wildman–Crippen LogP) is 2.44. The van der Waals surface area contributed by atoms with Crippen LogP contribution in [0.1, 0.15) is 0 Å². The zero-order valence-electron chi connectivity index (χ0n) is 10.9. The molecule has 2 aromatic rings. The molecular weight excluding hydrogens is 278 g/mol. The number of fused-ring (bicyclic) bond motifs is 1. The maximum absolute atomic E-state index is 11.3. The summed E-state index contributed by atoms with van der Waals surface area (Å²) in [6, 6.07) is 9.24. The van der Waals surface area contributed by atoms with Crippen molar-refractivity contribution in [2.24, 2.45) is 0 Å². The summed E-state index contributed by atoms with van der Waals surface area (Å²) in [7, 11) is 1.57. The molecule has 1 aliphatic heterocycles. The third kappa shape index (κ3) is 2.30. The summed E-state index contributed by atoms with van der Waals surface area (Å²) >= 11 is 6.03. The lowest BCUT2D eigenvalue weighted by atomic mass is 10.3. The highest BCUT2D eigenvalue weighted by molar-refractivity contribution is 6.30. The molecule has 1 aromatic carbocycles. The molecule has 0 saturated carbocycles. The fraction of sp³-hybridized carbons (Fsp3) is 0.231. The minimum Gasteiger partial charge on any atom is -0.341 e. The minimum absolute atomic E-state index is 0.281. The number of rotatable bonds is 2. The Morgan fingerprint density at radius 1 is 1.35 bits per heavy atom. The molecule has 1 aromatic heterocycles. The Hall–Kier alpha value is -2.21. The predicted molar refractivity (Wildman–Crippen MR) is 78.8 cm³/mol. The summed E-state index contributed by atoms with van der Waals surface area (Å²) in [6.07, 6.45) is 0. The van der Waals surface area contributed by atoms with E-state index in [-0.39, 0.29) is 6.03 Å². The maximum Gasteiger partial charge on any atom is 0.320 e. The third-order valence-corrected chi connectivity index (χ3v) is 3.39. The monoisotopic (exact) mass is 291 g/mol. The normalized spacial score (nSPS) is 13.2. The highest BCUT2D eigenvalue weighted by Gasteiger charge is 2.23. The lowest BCUT2D eigenvalue weighted by Gasteiger charge is -2.16. The van der Waals surface area contributed by atoms with Gasteiger partial charge in [0.1, 0.15) is 5.82 Å². The van der Waals surface area contributed by atoms with Crippen molar-refractivity contribution in [2.75, 3.05) is 23.8 Å². The van der Waals surface area contributed by atoms with Gasteiger partial charge < -0.3 is 10.2 Å². The summed E-state index contributed by atoms with van der Waals surface area (Å²) in [5, 5.41) is 10.2. The zero-order chi connectivity index (χ0) is 14.1. The largest absolute Gasteiger partial charge is 0.341 e. The number of aromatic nitrogens is 2. The zero-order valence-corrected chi connectivity index (χ0v) is 11.7. The van der Waals surface area contributed by atoms with Gasteiger partial charge in [-0.15, -0.1) is 0 Å². The first-order chi connectivity index (χ1) is 9.67. The van der Waals surface area contributed by atoms with Crippen molar-refractivity contribution in [2.45, 2.75) is 6.54 Å². The van der Waals surface area contributed by atoms with E-state index in [1.165, 1.54) is 0 Å². The molecule has 1 aliphatic rings. The number of urea groups is 1. The molecule has 6 nitrogen and oxygen atoms in total. The van der Waals surface area contributed by atoms with Crippen molar-refractivity contribution in [3.8, 4) is 0 Å². The Morgan fingerprint density at radius 3 is 2.95 bits per heavy atom. The van der Waals surface area contributed by atoms with Crippen LogP contribution in [0, 0.1) is 0 Å². The molecule has 20 heavy (non-hydrogen) atoms. The highest BCUT2D eigenvalue weighted by atomic mass is 35.5. The molecule has 0 fully saturated rings. The van der Waals surface area contributed by atoms with Gasteiger partial charge in [0, 0.05) is 30.4 Å². The Labute approximate surface area is 121 Å². The van der Waals surface area contributed by atoms with Gasteiger partial charge in [-0.3, -0.25) is 5.32 Å². The number of anilines is 3. The summed E-state index contributed by atoms with van der Waals surface area (Å²) in [4.78, 5) is 13.4. The number of halogens is 1. The molecule has 3 rings (SSSR count). The first kappa shape index (κ1) is 12.8. The number of benzene rings is 1. The number of nitrogens with one attached hydrogen (secondary N) is 2. The number of carbonyl (C=O) groups excluding carboxylic acids is 1. The van der Waals surface area contributed by atoms with Gasteiger partial charge in [0.25, 0.3) is 0 Å². The van der Waals surface area contributed by atoms with Crippen LogP contribution in [0.4, 0.5) is 22.1 Å². The van der Waals surface area contributed by atoms with E-state index in [1.54, 1.807) is 7.05 Å². The molecule has 2 heterocycles. The lowest BCUT2D eigenvalue weighted by molar-refractivity contribution is 0.254. The molecule has 0 unspecified atom stereocenters. The number of hydrogen-bond donors (Lipinski definition) is 2. The smallest absolute Gasteiger partial charge is 0.320 e. The van der Waals surface area contributed by atoms with Crippen LogP contribution in [0.3, 0.4) is 0 Å². The molecule has 2 amide bonds. The molecular formula is C13H14ClN5O. The van der Waals surface area contributed by atoms with Crippen molar-refractivity contribution >= 4 is 35.0 Å². The highest BCUT2D eigenvalue weighted by Crippen LogP contribution is 2.32. The first-order valence-electron chi connectivity index (χ1n) is 6.27. The average Bonchev–Trinajstić information content (AvgIpc) is 2.98. The molecule has 0 spiro atoms.